The van der Waals surface area contributed by atoms with E-state index in [0.717, 1.165) is 0 Å². The Bertz CT molecular complexity index is 538. The maximum atomic E-state index is 10.3. The van der Waals surface area contributed by atoms with Crippen LogP contribution >= 0.6 is 0 Å². The molecular formula is C14H19N3O3. The Hall–Kier alpha value is -2.08. The Kier molecular flexibility index (Phi) is 4.24. The summed E-state index contributed by atoms with van der Waals surface area (Å²) in [5.41, 5.74) is -1.12. The van der Waals surface area contributed by atoms with Gasteiger partial charge in [-0.15, -0.1) is 0 Å². The summed E-state index contributed by atoms with van der Waals surface area (Å²) in [7, 11) is 0. The normalized spacial score (nSPS) is 14.1. The maximum absolute atomic E-state index is 10.3. The summed E-state index contributed by atoms with van der Waals surface area (Å²) in [5, 5.41) is 13.3. The molecule has 0 radical (unpaired) electrons. The molecule has 0 aliphatic carbocycles. The zero-order valence-electron chi connectivity index (χ0n) is 11.8. The second-order valence-corrected chi connectivity index (χ2v) is 5.01. The Balaban J connectivity index is 2.00. The third kappa shape index (κ3) is 3.71. The van der Waals surface area contributed by atoms with Crippen molar-refractivity contribution in [2.45, 2.75) is 32.5 Å². The second-order valence-electron chi connectivity index (χ2n) is 5.01. The molecule has 2 aromatic heterocycles. The topological polar surface area (TPSA) is 80.4 Å². The number of rotatable bonds is 6. The summed E-state index contributed by atoms with van der Waals surface area (Å²) in [6.45, 7) is 5.76. The fourth-order valence-electron chi connectivity index (χ4n) is 1.67. The fourth-order valence-corrected chi connectivity index (χ4v) is 1.67. The van der Waals surface area contributed by atoms with Crippen molar-refractivity contribution in [2.24, 2.45) is 0 Å². The lowest BCUT2D eigenvalue weighted by molar-refractivity contribution is 0.0475. The van der Waals surface area contributed by atoms with Crippen LogP contribution < -0.4 is 10.1 Å². The lowest BCUT2D eigenvalue weighted by Crippen LogP contribution is -2.30. The van der Waals surface area contributed by atoms with E-state index in [1.54, 1.807) is 31.5 Å². The van der Waals surface area contributed by atoms with E-state index in [1.807, 2.05) is 13.8 Å². The van der Waals surface area contributed by atoms with Crippen LogP contribution in [-0.4, -0.2) is 27.7 Å². The smallest absolute Gasteiger partial charge is 0.234 e. The lowest BCUT2D eigenvalue weighted by Gasteiger charge is -2.21. The van der Waals surface area contributed by atoms with E-state index in [-0.39, 0.29) is 12.6 Å². The molecule has 2 heterocycles. The van der Waals surface area contributed by atoms with Crippen LogP contribution in [0.3, 0.4) is 0 Å². The molecule has 0 saturated carbocycles. The van der Waals surface area contributed by atoms with E-state index in [1.165, 1.54) is 6.26 Å². The Labute approximate surface area is 117 Å². The molecule has 0 amide bonds. The zero-order chi connectivity index (χ0) is 14.6. The fraction of sp³-hybridized carbons (Fsp3) is 0.429. The monoisotopic (exact) mass is 277 g/mol. The Morgan fingerprint density at radius 3 is 2.90 bits per heavy atom. The number of nitrogens with zero attached hydrogens (tertiary/aromatic N) is 2. The predicted octanol–water partition coefficient (Wildman–Crippen LogP) is 2.18. The molecule has 0 aliphatic rings. The second kappa shape index (κ2) is 5.92. The molecule has 0 aromatic carbocycles. The van der Waals surface area contributed by atoms with Gasteiger partial charge in [-0.2, -0.15) is 4.98 Å². The standard InChI is InChI=1S/C14H19N3O3/c1-10(2)20-13-8-15-7-12(17-13)16-9-14(3,18)11-5-4-6-19-11/h4-8,10,18H,9H2,1-3H3,(H,16,17). The third-order valence-corrected chi connectivity index (χ3v) is 2.63. The van der Waals surface area contributed by atoms with E-state index in [2.05, 4.69) is 15.3 Å². The SMILES string of the molecule is CC(C)Oc1cncc(NCC(C)(O)c2ccco2)n1. The molecular weight excluding hydrogens is 258 g/mol. The van der Waals surface area contributed by atoms with Gasteiger partial charge in [0.1, 0.15) is 17.2 Å². The molecule has 20 heavy (non-hydrogen) atoms. The molecule has 0 saturated heterocycles. The lowest BCUT2D eigenvalue weighted by atomic mass is 10.0. The van der Waals surface area contributed by atoms with Crippen molar-refractivity contribution in [1.29, 1.82) is 0 Å². The van der Waals surface area contributed by atoms with Gasteiger partial charge in [0.05, 0.1) is 31.3 Å². The summed E-state index contributed by atoms with van der Waals surface area (Å²) >= 11 is 0. The van der Waals surface area contributed by atoms with E-state index >= 15 is 0 Å². The van der Waals surface area contributed by atoms with Crippen LogP contribution in [0.2, 0.25) is 0 Å². The number of hydrogen-bond acceptors (Lipinski definition) is 6. The predicted molar refractivity (Wildman–Crippen MR) is 74.6 cm³/mol. The van der Waals surface area contributed by atoms with Gasteiger partial charge in [-0.25, -0.2) is 0 Å². The van der Waals surface area contributed by atoms with E-state index < -0.39 is 5.60 Å². The first kappa shape index (κ1) is 14.3. The van der Waals surface area contributed by atoms with Gasteiger partial charge in [0.15, 0.2) is 0 Å². The quantitative estimate of drug-likeness (QED) is 0.842. The minimum absolute atomic E-state index is 0.0331. The first-order valence-corrected chi connectivity index (χ1v) is 6.46. The molecule has 0 spiro atoms. The molecule has 6 nitrogen and oxygen atoms in total. The number of furan rings is 1. The first-order chi connectivity index (χ1) is 9.47. The van der Waals surface area contributed by atoms with Gasteiger partial charge in [0, 0.05) is 0 Å². The number of ether oxygens (including phenoxy) is 1. The van der Waals surface area contributed by atoms with Gasteiger partial charge in [0.25, 0.3) is 0 Å². The van der Waals surface area contributed by atoms with Crippen molar-refractivity contribution in [1.82, 2.24) is 9.97 Å². The molecule has 0 bridgehead atoms. The number of nitrogens with one attached hydrogen (secondary N) is 1. The number of hydrogen-bond donors (Lipinski definition) is 2. The van der Waals surface area contributed by atoms with Crippen LogP contribution in [0.15, 0.2) is 35.2 Å². The van der Waals surface area contributed by atoms with Crippen molar-refractivity contribution in [2.75, 3.05) is 11.9 Å². The van der Waals surface area contributed by atoms with Crippen LogP contribution in [0.5, 0.6) is 5.88 Å². The maximum Gasteiger partial charge on any atom is 0.234 e. The van der Waals surface area contributed by atoms with Gasteiger partial charge in [-0.3, -0.25) is 4.98 Å². The van der Waals surface area contributed by atoms with Crippen LogP contribution in [-0.2, 0) is 5.60 Å². The summed E-state index contributed by atoms with van der Waals surface area (Å²) in [6, 6.07) is 3.46. The average Bonchev–Trinajstić information content (AvgIpc) is 2.91. The molecule has 2 N–H and O–H groups in total. The van der Waals surface area contributed by atoms with Crippen molar-refractivity contribution in [3.63, 3.8) is 0 Å². The largest absolute Gasteiger partial charge is 0.474 e. The van der Waals surface area contributed by atoms with Gasteiger partial charge in [-0.1, -0.05) is 0 Å². The molecule has 0 aliphatic heterocycles. The molecule has 2 aromatic rings. The highest BCUT2D eigenvalue weighted by Crippen LogP contribution is 2.21. The van der Waals surface area contributed by atoms with Gasteiger partial charge in [-0.05, 0) is 32.9 Å². The molecule has 1 unspecified atom stereocenters. The third-order valence-electron chi connectivity index (χ3n) is 2.63. The molecule has 6 heteroatoms. The Morgan fingerprint density at radius 2 is 2.25 bits per heavy atom. The summed E-state index contributed by atoms with van der Waals surface area (Å²) in [4.78, 5) is 8.31. The van der Waals surface area contributed by atoms with E-state index in [9.17, 15) is 5.11 Å². The highest BCUT2D eigenvalue weighted by molar-refractivity contribution is 5.34. The summed E-state index contributed by atoms with van der Waals surface area (Å²) in [6.07, 6.45) is 4.69. The molecule has 0 fully saturated rings. The van der Waals surface area contributed by atoms with Crippen LogP contribution in [0, 0.1) is 0 Å². The van der Waals surface area contributed by atoms with Gasteiger partial charge >= 0.3 is 0 Å². The highest BCUT2D eigenvalue weighted by atomic mass is 16.5. The van der Waals surface area contributed by atoms with Gasteiger partial charge < -0.3 is 19.6 Å². The number of anilines is 1. The van der Waals surface area contributed by atoms with Crippen molar-refractivity contribution >= 4 is 5.82 Å². The molecule has 1 atom stereocenters. The summed E-state index contributed by atoms with van der Waals surface area (Å²) in [5.74, 6) is 1.48. The first-order valence-electron chi connectivity index (χ1n) is 6.46. The minimum Gasteiger partial charge on any atom is -0.474 e. The summed E-state index contributed by atoms with van der Waals surface area (Å²) < 4.78 is 10.7. The van der Waals surface area contributed by atoms with E-state index in [0.29, 0.717) is 17.5 Å². The van der Waals surface area contributed by atoms with E-state index in [4.69, 9.17) is 9.15 Å². The van der Waals surface area contributed by atoms with Crippen molar-refractivity contribution in [3.8, 4) is 5.88 Å². The number of aliphatic hydroxyl groups is 1. The molecule has 2 rings (SSSR count). The minimum atomic E-state index is -1.12. The zero-order valence-corrected chi connectivity index (χ0v) is 11.8. The van der Waals surface area contributed by atoms with Crippen LogP contribution in [0.4, 0.5) is 5.82 Å². The Morgan fingerprint density at radius 1 is 1.45 bits per heavy atom. The van der Waals surface area contributed by atoms with Crippen molar-refractivity contribution < 1.29 is 14.3 Å². The van der Waals surface area contributed by atoms with Crippen LogP contribution in [0.1, 0.15) is 26.5 Å². The average molecular weight is 277 g/mol. The van der Waals surface area contributed by atoms with Crippen molar-refractivity contribution in [3.05, 3.63) is 36.5 Å². The van der Waals surface area contributed by atoms with Crippen LogP contribution in [0.25, 0.3) is 0 Å². The van der Waals surface area contributed by atoms with Gasteiger partial charge in [0.2, 0.25) is 5.88 Å². The molecule has 108 valence electrons. The highest BCUT2D eigenvalue weighted by Gasteiger charge is 2.26. The number of aromatic nitrogens is 2.